The fraction of sp³-hybridized carbons (Fsp3) is 0.800. The van der Waals surface area contributed by atoms with Crippen molar-refractivity contribution in [3.63, 3.8) is 0 Å². The molecule has 1 atom stereocenters. The lowest BCUT2D eigenvalue weighted by atomic mass is 10.3. The Hall–Kier alpha value is -0.0800. The Morgan fingerprint density at radius 2 is 2.50 bits per heavy atom. The molecule has 0 saturated carbocycles. The number of halogens is 1. The molecular weight excluding hydrogens is 128 g/mol. The average molecular weight is 135 g/mol. The molecule has 46 valence electrons. The van der Waals surface area contributed by atoms with Crippen molar-refractivity contribution in [2.45, 2.75) is 18.9 Å². The Morgan fingerprint density at radius 1 is 1.75 bits per heavy atom. The molecule has 1 fully saturated rings. The van der Waals surface area contributed by atoms with Crippen LogP contribution in [-0.2, 0) is 9.53 Å². The van der Waals surface area contributed by atoms with Crippen molar-refractivity contribution in [1.29, 1.82) is 0 Å². The summed E-state index contributed by atoms with van der Waals surface area (Å²) in [5.74, 6) is 0. The monoisotopic (exact) mass is 134 g/mol. The summed E-state index contributed by atoms with van der Waals surface area (Å²) in [5, 5.41) is -0.359. The van der Waals surface area contributed by atoms with Crippen LogP contribution in [-0.4, -0.2) is 18.0 Å². The molecule has 1 saturated heterocycles. The molecule has 0 aromatic carbocycles. The molecule has 1 aliphatic heterocycles. The highest BCUT2D eigenvalue weighted by molar-refractivity contribution is 6.64. The van der Waals surface area contributed by atoms with E-state index in [0.717, 1.165) is 12.8 Å². The summed E-state index contributed by atoms with van der Waals surface area (Å²) in [5.41, 5.74) is 0. The van der Waals surface area contributed by atoms with Crippen molar-refractivity contribution in [1.82, 2.24) is 0 Å². The van der Waals surface area contributed by atoms with E-state index in [1.165, 1.54) is 0 Å². The summed E-state index contributed by atoms with van der Waals surface area (Å²) in [6.45, 7) is 0.684. The second-order valence-corrected chi connectivity index (χ2v) is 2.18. The molecule has 0 unspecified atom stereocenters. The third-order valence-corrected chi connectivity index (χ3v) is 1.43. The highest BCUT2D eigenvalue weighted by Crippen LogP contribution is 2.13. The van der Waals surface area contributed by atoms with E-state index in [0.29, 0.717) is 6.61 Å². The van der Waals surface area contributed by atoms with E-state index in [-0.39, 0.29) is 11.3 Å². The normalized spacial score (nSPS) is 28.4. The van der Waals surface area contributed by atoms with Crippen LogP contribution in [0.3, 0.4) is 0 Å². The predicted octanol–water partition coefficient (Wildman–Crippen LogP) is 0.931. The SMILES string of the molecule is O=C(Cl)[C@H]1CCCO1. The van der Waals surface area contributed by atoms with Gasteiger partial charge in [0.2, 0.25) is 5.24 Å². The zero-order valence-electron chi connectivity index (χ0n) is 4.39. The largest absolute Gasteiger partial charge is 0.369 e. The van der Waals surface area contributed by atoms with Crippen LogP contribution in [0.2, 0.25) is 0 Å². The van der Waals surface area contributed by atoms with Crippen LogP contribution < -0.4 is 0 Å². The van der Waals surface area contributed by atoms with Crippen LogP contribution >= 0.6 is 11.6 Å². The van der Waals surface area contributed by atoms with Crippen molar-refractivity contribution in [3.8, 4) is 0 Å². The van der Waals surface area contributed by atoms with Gasteiger partial charge in [0.25, 0.3) is 0 Å². The van der Waals surface area contributed by atoms with E-state index in [1.54, 1.807) is 0 Å². The highest BCUT2D eigenvalue weighted by atomic mass is 35.5. The molecule has 0 aliphatic carbocycles. The lowest BCUT2D eigenvalue weighted by Gasteiger charge is -1.98. The first-order valence-electron chi connectivity index (χ1n) is 2.61. The maximum absolute atomic E-state index is 10.3. The van der Waals surface area contributed by atoms with Crippen molar-refractivity contribution in [2.24, 2.45) is 0 Å². The van der Waals surface area contributed by atoms with Crippen LogP contribution in [0.1, 0.15) is 12.8 Å². The summed E-state index contributed by atoms with van der Waals surface area (Å²) in [6.07, 6.45) is 1.45. The Bertz CT molecular complexity index is 96.6. The summed E-state index contributed by atoms with van der Waals surface area (Å²) in [4.78, 5) is 10.3. The van der Waals surface area contributed by atoms with Crippen molar-refractivity contribution in [3.05, 3.63) is 0 Å². The van der Waals surface area contributed by atoms with Gasteiger partial charge >= 0.3 is 0 Å². The van der Waals surface area contributed by atoms with Gasteiger partial charge in [0.05, 0.1) is 0 Å². The zero-order valence-corrected chi connectivity index (χ0v) is 5.15. The smallest absolute Gasteiger partial charge is 0.250 e. The third kappa shape index (κ3) is 1.20. The van der Waals surface area contributed by atoms with E-state index in [9.17, 15) is 4.79 Å². The van der Waals surface area contributed by atoms with Gasteiger partial charge in [-0.25, -0.2) is 0 Å². The van der Waals surface area contributed by atoms with E-state index in [1.807, 2.05) is 0 Å². The van der Waals surface area contributed by atoms with Gasteiger partial charge in [-0.15, -0.1) is 0 Å². The van der Waals surface area contributed by atoms with E-state index in [2.05, 4.69) is 0 Å². The molecule has 0 N–H and O–H groups in total. The Morgan fingerprint density at radius 3 is 2.75 bits per heavy atom. The zero-order chi connectivity index (χ0) is 5.98. The standard InChI is InChI=1S/C5H7ClO2/c6-5(7)4-2-1-3-8-4/h4H,1-3H2/t4-/m1/s1. The van der Waals surface area contributed by atoms with Gasteiger partial charge in [-0.1, -0.05) is 0 Å². The van der Waals surface area contributed by atoms with Gasteiger partial charge in [-0.05, 0) is 24.4 Å². The lowest BCUT2D eigenvalue weighted by Crippen LogP contribution is -2.12. The number of ether oxygens (including phenoxy) is 1. The van der Waals surface area contributed by atoms with Gasteiger partial charge in [-0.3, -0.25) is 4.79 Å². The summed E-state index contributed by atoms with van der Waals surface area (Å²) >= 11 is 5.12. The van der Waals surface area contributed by atoms with Crippen LogP contribution in [0.5, 0.6) is 0 Å². The molecule has 8 heavy (non-hydrogen) atoms. The topological polar surface area (TPSA) is 26.3 Å². The average Bonchev–Trinajstić information content (AvgIpc) is 2.12. The fourth-order valence-corrected chi connectivity index (χ4v) is 0.929. The van der Waals surface area contributed by atoms with E-state index in [4.69, 9.17) is 16.3 Å². The summed E-state index contributed by atoms with van der Waals surface area (Å²) in [7, 11) is 0. The molecule has 2 nitrogen and oxygen atoms in total. The molecule has 1 aliphatic rings. The number of hydrogen-bond donors (Lipinski definition) is 0. The summed E-state index contributed by atoms with van der Waals surface area (Å²) < 4.78 is 4.93. The quantitative estimate of drug-likeness (QED) is 0.499. The lowest BCUT2D eigenvalue weighted by molar-refractivity contribution is -0.119. The molecule has 1 heterocycles. The van der Waals surface area contributed by atoms with Gasteiger partial charge in [0.15, 0.2) is 0 Å². The van der Waals surface area contributed by atoms with Crippen molar-refractivity contribution >= 4 is 16.8 Å². The van der Waals surface area contributed by atoms with Gasteiger partial charge in [0.1, 0.15) is 6.10 Å². The minimum atomic E-state index is -0.359. The minimum absolute atomic E-state index is 0.309. The van der Waals surface area contributed by atoms with E-state index >= 15 is 0 Å². The number of carbonyl (C=O) groups is 1. The fourth-order valence-electron chi connectivity index (χ4n) is 0.757. The number of carbonyl (C=O) groups excluding carboxylic acids is 1. The molecule has 0 spiro atoms. The van der Waals surface area contributed by atoms with Crippen LogP contribution in [0.4, 0.5) is 0 Å². The first-order chi connectivity index (χ1) is 3.80. The molecular formula is C5H7ClO2. The molecule has 1 rings (SSSR count). The molecule has 3 heteroatoms. The predicted molar refractivity (Wildman–Crippen MR) is 29.8 cm³/mol. The Labute approximate surface area is 52.8 Å². The van der Waals surface area contributed by atoms with Gasteiger partial charge in [0, 0.05) is 6.61 Å². The second kappa shape index (κ2) is 2.46. The van der Waals surface area contributed by atoms with E-state index < -0.39 is 0 Å². The third-order valence-electron chi connectivity index (χ3n) is 1.18. The van der Waals surface area contributed by atoms with Crippen LogP contribution in [0, 0.1) is 0 Å². The van der Waals surface area contributed by atoms with Gasteiger partial charge < -0.3 is 4.74 Å². The van der Waals surface area contributed by atoms with Gasteiger partial charge in [-0.2, -0.15) is 0 Å². The Balaban J connectivity index is 2.35. The molecule has 0 bridgehead atoms. The number of rotatable bonds is 1. The molecule has 0 radical (unpaired) electrons. The first-order valence-corrected chi connectivity index (χ1v) is 2.99. The maximum Gasteiger partial charge on any atom is 0.250 e. The molecule has 0 amide bonds. The minimum Gasteiger partial charge on any atom is -0.369 e. The second-order valence-electron chi connectivity index (χ2n) is 1.81. The molecule has 0 aromatic rings. The van der Waals surface area contributed by atoms with Crippen LogP contribution in [0.15, 0.2) is 0 Å². The number of hydrogen-bond acceptors (Lipinski definition) is 2. The highest BCUT2D eigenvalue weighted by Gasteiger charge is 2.20. The van der Waals surface area contributed by atoms with Crippen molar-refractivity contribution < 1.29 is 9.53 Å². The Kier molecular flexibility index (Phi) is 1.86. The first kappa shape index (κ1) is 6.05. The summed E-state index contributed by atoms with van der Waals surface area (Å²) in [6, 6.07) is 0. The van der Waals surface area contributed by atoms with Crippen molar-refractivity contribution in [2.75, 3.05) is 6.61 Å². The van der Waals surface area contributed by atoms with Crippen LogP contribution in [0.25, 0.3) is 0 Å². The maximum atomic E-state index is 10.3. The molecule has 0 aromatic heterocycles.